The Kier molecular flexibility index (Phi) is 6.72. The van der Waals surface area contributed by atoms with E-state index in [9.17, 15) is 9.59 Å². The molecule has 3 unspecified atom stereocenters. The average molecular weight is 419 g/mol. The van der Waals surface area contributed by atoms with Crippen LogP contribution in [0, 0.1) is 0 Å². The predicted octanol–water partition coefficient (Wildman–Crippen LogP) is 3.61. The van der Waals surface area contributed by atoms with Gasteiger partial charge in [-0.15, -0.1) is 0 Å². The van der Waals surface area contributed by atoms with Gasteiger partial charge in [0.05, 0.1) is 6.10 Å². The molecule has 1 aromatic carbocycles. The summed E-state index contributed by atoms with van der Waals surface area (Å²) in [5, 5.41) is 2.58. The minimum atomic E-state index is -1.01. The minimum absolute atomic E-state index is 0.0439. The third kappa shape index (κ3) is 5.13. The van der Waals surface area contributed by atoms with Crippen LogP contribution in [-0.2, 0) is 19.7 Å². The van der Waals surface area contributed by atoms with Gasteiger partial charge in [-0.25, -0.2) is 9.59 Å². The highest BCUT2D eigenvalue weighted by molar-refractivity contribution is 5.83. The fraction of sp³-hybridized carbons (Fsp3) is 0.652. The van der Waals surface area contributed by atoms with E-state index >= 15 is 0 Å². The Morgan fingerprint density at radius 1 is 1.33 bits per heavy atom. The first kappa shape index (κ1) is 22.6. The molecule has 2 saturated heterocycles. The van der Waals surface area contributed by atoms with Gasteiger partial charge in [0, 0.05) is 25.8 Å². The fourth-order valence-corrected chi connectivity index (χ4v) is 4.61. The Balaban J connectivity index is 1.70. The molecule has 1 N–H and O–H groups in total. The molecule has 1 aromatic rings. The monoisotopic (exact) mass is 418 g/mol. The van der Waals surface area contributed by atoms with E-state index in [1.165, 1.54) is 18.4 Å². The lowest BCUT2D eigenvalue weighted by atomic mass is 9.74. The topological polar surface area (TPSA) is 77.1 Å². The summed E-state index contributed by atoms with van der Waals surface area (Å²) in [5.41, 5.74) is 1.22. The summed E-state index contributed by atoms with van der Waals surface area (Å²) in [4.78, 5) is 27.1. The van der Waals surface area contributed by atoms with Gasteiger partial charge in [0.15, 0.2) is 6.04 Å². The molecule has 3 rings (SSSR count). The van der Waals surface area contributed by atoms with Gasteiger partial charge in [-0.05, 0) is 57.5 Å². The summed E-state index contributed by atoms with van der Waals surface area (Å²) in [5.74, 6) is -1.08. The van der Waals surface area contributed by atoms with Crippen molar-refractivity contribution in [1.29, 1.82) is 0 Å². The molecule has 0 spiro atoms. The number of amides is 1. The Labute approximate surface area is 179 Å². The second-order valence-corrected chi connectivity index (χ2v) is 9.01. The molecule has 0 radical (unpaired) electrons. The number of benzene rings is 1. The van der Waals surface area contributed by atoms with Crippen LogP contribution in [0.1, 0.15) is 58.9 Å². The van der Waals surface area contributed by atoms with E-state index in [2.05, 4.69) is 30.3 Å². The quantitative estimate of drug-likeness (QED) is 0.753. The molecule has 2 aliphatic heterocycles. The number of likely N-dealkylation sites (N-methyl/N-ethyl adjacent to an activating group) is 1. The van der Waals surface area contributed by atoms with E-state index in [4.69, 9.17) is 14.2 Å². The Hall–Kier alpha value is -2.12. The first-order valence-corrected chi connectivity index (χ1v) is 10.8. The average Bonchev–Trinajstić information content (AvgIpc) is 2.86. The molecule has 1 amide bonds. The lowest BCUT2D eigenvalue weighted by Crippen LogP contribution is -2.58. The predicted molar refractivity (Wildman–Crippen MR) is 113 cm³/mol. The van der Waals surface area contributed by atoms with Gasteiger partial charge < -0.3 is 24.4 Å². The van der Waals surface area contributed by atoms with Crippen LogP contribution in [0.2, 0.25) is 0 Å². The zero-order valence-corrected chi connectivity index (χ0v) is 18.7. The number of hydrogen-bond acceptors (Lipinski definition) is 6. The van der Waals surface area contributed by atoms with Crippen LogP contribution in [0.25, 0.3) is 0 Å². The molecular weight excluding hydrogens is 384 g/mol. The van der Waals surface area contributed by atoms with E-state index < -0.39 is 30.0 Å². The molecule has 2 fully saturated rings. The molecule has 7 nitrogen and oxygen atoms in total. The molecule has 7 heteroatoms. The zero-order valence-electron chi connectivity index (χ0n) is 18.7. The Bertz CT molecular complexity index is 781. The molecule has 0 saturated carbocycles. The second kappa shape index (κ2) is 8.94. The number of nitrogens with zero attached hydrogens (tertiary/aromatic N) is 1. The van der Waals surface area contributed by atoms with Gasteiger partial charge in [-0.2, -0.15) is 0 Å². The van der Waals surface area contributed by atoms with Crippen LogP contribution in [0.5, 0.6) is 5.75 Å². The number of esters is 1. The lowest BCUT2D eigenvalue weighted by molar-refractivity contribution is -0.260. The largest absolute Gasteiger partial charge is 0.432 e. The molecule has 2 aliphatic rings. The van der Waals surface area contributed by atoms with Crippen molar-refractivity contribution in [3.8, 4) is 5.75 Å². The number of likely N-dealkylation sites (tertiary alicyclic amines) is 1. The summed E-state index contributed by atoms with van der Waals surface area (Å²) < 4.78 is 16.4. The summed E-state index contributed by atoms with van der Waals surface area (Å²) >= 11 is 0. The van der Waals surface area contributed by atoms with Crippen molar-refractivity contribution in [2.45, 2.75) is 76.7 Å². The molecule has 0 bridgehead atoms. The van der Waals surface area contributed by atoms with E-state index in [1.807, 2.05) is 12.1 Å². The molecule has 0 aliphatic carbocycles. The fourth-order valence-electron chi connectivity index (χ4n) is 4.61. The number of ether oxygens (including phenoxy) is 3. The van der Waals surface area contributed by atoms with Crippen molar-refractivity contribution >= 4 is 12.1 Å². The Morgan fingerprint density at radius 3 is 2.80 bits per heavy atom. The number of rotatable bonds is 4. The normalized spacial score (nSPS) is 29.6. The van der Waals surface area contributed by atoms with Crippen LogP contribution in [0.15, 0.2) is 24.3 Å². The van der Waals surface area contributed by atoms with Crippen LogP contribution in [0.3, 0.4) is 0 Å². The molecular formula is C23H34N2O5. The molecule has 166 valence electrons. The van der Waals surface area contributed by atoms with Crippen molar-refractivity contribution in [3.05, 3.63) is 29.8 Å². The van der Waals surface area contributed by atoms with Gasteiger partial charge in [0.1, 0.15) is 5.75 Å². The van der Waals surface area contributed by atoms with Gasteiger partial charge in [0.2, 0.25) is 5.79 Å². The number of carbonyl (C=O) groups excluding carboxylic acids is 2. The van der Waals surface area contributed by atoms with Gasteiger partial charge in [-0.3, -0.25) is 0 Å². The van der Waals surface area contributed by atoms with Crippen LogP contribution < -0.4 is 10.1 Å². The van der Waals surface area contributed by atoms with Crippen molar-refractivity contribution in [3.63, 3.8) is 0 Å². The third-order valence-electron chi connectivity index (χ3n) is 6.16. The first-order valence-electron chi connectivity index (χ1n) is 10.8. The van der Waals surface area contributed by atoms with Gasteiger partial charge in [-0.1, -0.05) is 25.5 Å². The number of hydrogen-bond donors (Lipinski definition) is 1. The van der Waals surface area contributed by atoms with Crippen molar-refractivity contribution < 1.29 is 23.8 Å². The highest BCUT2D eigenvalue weighted by atomic mass is 16.7. The number of carbonyl (C=O) groups is 2. The van der Waals surface area contributed by atoms with Crippen molar-refractivity contribution in [2.75, 3.05) is 20.1 Å². The van der Waals surface area contributed by atoms with Gasteiger partial charge in [0.25, 0.3) is 0 Å². The highest BCUT2D eigenvalue weighted by Crippen LogP contribution is 2.37. The first-order chi connectivity index (χ1) is 14.1. The smallest absolute Gasteiger partial charge is 0.413 e. The number of nitrogens with one attached hydrogen (secondary N) is 1. The van der Waals surface area contributed by atoms with E-state index in [0.717, 1.165) is 25.9 Å². The van der Waals surface area contributed by atoms with Gasteiger partial charge >= 0.3 is 12.1 Å². The minimum Gasteiger partial charge on any atom is -0.432 e. The molecule has 0 aromatic heterocycles. The standard InChI is InChI=1S/C23H34N2O5/c1-6-23(12-7-8-13-25(5)15-23)17-10-9-11-18(14-17)28-21(27)24-19-16(2)29-22(3,4)30-20(19)26/h9-11,14,16,19H,6-8,12-13,15H2,1-5H3,(H,24,27). The summed E-state index contributed by atoms with van der Waals surface area (Å²) in [6.07, 6.45) is 3.29. The van der Waals surface area contributed by atoms with Crippen LogP contribution in [-0.4, -0.2) is 55.0 Å². The van der Waals surface area contributed by atoms with E-state index in [1.54, 1.807) is 26.8 Å². The zero-order chi connectivity index (χ0) is 21.9. The summed E-state index contributed by atoms with van der Waals surface area (Å²) in [7, 11) is 2.16. The van der Waals surface area contributed by atoms with Crippen LogP contribution in [0.4, 0.5) is 4.79 Å². The lowest BCUT2D eigenvalue weighted by Gasteiger charge is -2.38. The summed E-state index contributed by atoms with van der Waals surface area (Å²) in [6.45, 7) is 9.36. The van der Waals surface area contributed by atoms with Crippen molar-refractivity contribution in [1.82, 2.24) is 10.2 Å². The third-order valence-corrected chi connectivity index (χ3v) is 6.16. The summed E-state index contributed by atoms with van der Waals surface area (Å²) in [6, 6.07) is 6.83. The molecule has 2 heterocycles. The number of cyclic esters (lactones) is 1. The second-order valence-electron chi connectivity index (χ2n) is 9.01. The maximum Gasteiger partial charge on any atom is 0.413 e. The molecule has 30 heavy (non-hydrogen) atoms. The van der Waals surface area contributed by atoms with Crippen molar-refractivity contribution in [2.24, 2.45) is 0 Å². The molecule has 3 atom stereocenters. The van der Waals surface area contributed by atoms with E-state index in [-0.39, 0.29) is 5.41 Å². The Morgan fingerprint density at radius 2 is 2.10 bits per heavy atom. The maximum atomic E-state index is 12.5. The van der Waals surface area contributed by atoms with Crippen LogP contribution >= 0.6 is 0 Å². The van der Waals surface area contributed by atoms with E-state index in [0.29, 0.717) is 5.75 Å². The SMILES string of the molecule is CCC1(c2cccc(OC(=O)NC3C(=O)OC(C)(C)OC3C)c2)CCCCN(C)C1. The highest BCUT2D eigenvalue weighted by Gasteiger charge is 2.42. The maximum absolute atomic E-state index is 12.5.